The van der Waals surface area contributed by atoms with Crippen LogP contribution in [0.4, 0.5) is 17.1 Å². The Morgan fingerprint density at radius 3 is 1.96 bits per heavy atom. The first kappa shape index (κ1) is 17.9. The summed E-state index contributed by atoms with van der Waals surface area (Å²) in [5.74, 6) is -0.808. The molecular formula is C23H21N3O2. The molecule has 5 heteroatoms. The van der Waals surface area contributed by atoms with Gasteiger partial charge in [-0.15, -0.1) is 0 Å². The SMILES string of the molecule is NC1C(=O)N(CCc2ccccc2)c2ccccc2N(c2ccccc2)C1=O. The van der Waals surface area contributed by atoms with Gasteiger partial charge in [0, 0.05) is 12.2 Å². The van der Waals surface area contributed by atoms with Gasteiger partial charge in [-0.2, -0.15) is 0 Å². The van der Waals surface area contributed by atoms with Crippen molar-refractivity contribution in [3.05, 3.63) is 90.5 Å². The summed E-state index contributed by atoms with van der Waals surface area (Å²) >= 11 is 0. The number of nitrogens with two attached hydrogens (primary N) is 1. The van der Waals surface area contributed by atoms with E-state index < -0.39 is 11.9 Å². The first-order valence-electron chi connectivity index (χ1n) is 9.26. The van der Waals surface area contributed by atoms with Crippen LogP contribution in [0.25, 0.3) is 0 Å². The fourth-order valence-electron chi connectivity index (χ4n) is 3.49. The summed E-state index contributed by atoms with van der Waals surface area (Å²) in [6, 6.07) is 25.4. The van der Waals surface area contributed by atoms with E-state index in [1.165, 1.54) is 0 Å². The molecule has 0 bridgehead atoms. The van der Waals surface area contributed by atoms with Crippen molar-refractivity contribution in [3.8, 4) is 0 Å². The number of hydrogen-bond donors (Lipinski definition) is 1. The lowest BCUT2D eigenvalue weighted by Gasteiger charge is -2.25. The monoisotopic (exact) mass is 371 g/mol. The summed E-state index contributed by atoms with van der Waals surface area (Å²) in [5.41, 5.74) is 9.26. The van der Waals surface area contributed by atoms with E-state index in [0.717, 1.165) is 5.56 Å². The first-order chi connectivity index (χ1) is 13.7. The van der Waals surface area contributed by atoms with Gasteiger partial charge in [-0.3, -0.25) is 14.5 Å². The van der Waals surface area contributed by atoms with E-state index >= 15 is 0 Å². The van der Waals surface area contributed by atoms with E-state index in [-0.39, 0.29) is 5.91 Å². The third-order valence-corrected chi connectivity index (χ3v) is 4.91. The van der Waals surface area contributed by atoms with E-state index in [9.17, 15) is 9.59 Å². The minimum absolute atomic E-state index is 0.383. The molecule has 0 spiro atoms. The Kier molecular flexibility index (Phi) is 4.91. The molecule has 2 amide bonds. The average Bonchev–Trinajstić information content (AvgIpc) is 2.82. The van der Waals surface area contributed by atoms with Gasteiger partial charge in [-0.1, -0.05) is 60.7 Å². The minimum Gasteiger partial charge on any atom is -0.312 e. The van der Waals surface area contributed by atoms with Crippen LogP contribution in [0.5, 0.6) is 0 Å². The number of para-hydroxylation sites is 3. The number of hydrogen-bond acceptors (Lipinski definition) is 3. The lowest BCUT2D eigenvalue weighted by atomic mass is 10.1. The van der Waals surface area contributed by atoms with Crippen LogP contribution in [0, 0.1) is 0 Å². The van der Waals surface area contributed by atoms with Crippen molar-refractivity contribution < 1.29 is 9.59 Å². The van der Waals surface area contributed by atoms with Crippen molar-refractivity contribution >= 4 is 28.9 Å². The molecular weight excluding hydrogens is 350 g/mol. The van der Waals surface area contributed by atoms with Crippen molar-refractivity contribution in [3.63, 3.8) is 0 Å². The molecule has 0 aliphatic carbocycles. The molecule has 1 aliphatic rings. The van der Waals surface area contributed by atoms with Gasteiger partial charge in [0.15, 0.2) is 6.04 Å². The molecule has 0 radical (unpaired) electrons. The molecule has 4 rings (SSSR count). The Morgan fingerprint density at radius 2 is 1.29 bits per heavy atom. The number of amides is 2. The quantitative estimate of drug-likeness (QED) is 0.716. The Hall–Kier alpha value is -3.44. The number of carbonyl (C=O) groups excluding carboxylic acids is 2. The van der Waals surface area contributed by atoms with Crippen LogP contribution in [-0.4, -0.2) is 24.4 Å². The lowest BCUT2D eigenvalue weighted by molar-refractivity contribution is -0.127. The highest BCUT2D eigenvalue weighted by Crippen LogP contribution is 2.37. The standard InChI is InChI=1S/C23H21N3O2/c24-21-22(27)25(16-15-17-9-3-1-4-10-17)19-13-7-8-14-20(19)26(23(21)28)18-11-5-2-6-12-18/h1-14,21H,15-16,24H2. The van der Waals surface area contributed by atoms with Crippen LogP contribution in [0.3, 0.4) is 0 Å². The molecule has 1 heterocycles. The maximum absolute atomic E-state index is 13.1. The molecule has 1 unspecified atom stereocenters. The van der Waals surface area contributed by atoms with E-state index in [2.05, 4.69) is 0 Å². The molecule has 2 N–H and O–H groups in total. The molecule has 1 atom stereocenters. The normalized spacial score (nSPS) is 16.7. The summed E-state index contributed by atoms with van der Waals surface area (Å²) in [4.78, 5) is 29.3. The smallest absolute Gasteiger partial charge is 0.258 e. The van der Waals surface area contributed by atoms with Gasteiger partial charge in [-0.05, 0) is 36.2 Å². The molecule has 28 heavy (non-hydrogen) atoms. The van der Waals surface area contributed by atoms with Crippen molar-refractivity contribution in [2.45, 2.75) is 12.5 Å². The Balaban J connectivity index is 1.76. The van der Waals surface area contributed by atoms with Crippen molar-refractivity contribution in [2.75, 3.05) is 16.3 Å². The number of fused-ring (bicyclic) bond motifs is 1. The van der Waals surface area contributed by atoms with Gasteiger partial charge in [0.1, 0.15) is 0 Å². The van der Waals surface area contributed by atoms with Gasteiger partial charge >= 0.3 is 0 Å². The van der Waals surface area contributed by atoms with Gasteiger partial charge in [0.05, 0.1) is 11.4 Å². The zero-order chi connectivity index (χ0) is 19.5. The van der Waals surface area contributed by atoms with E-state index in [4.69, 9.17) is 5.73 Å². The van der Waals surface area contributed by atoms with Gasteiger partial charge in [0.25, 0.3) is 11.8 Å². The summed E-state index contributed by atoms with van der Waals surface area (Å²) in [6.45, 7) is 0.448. The molecule has 1 aliphatic heterocycles. The van der Waals surface area contributed by atoms with E-state index in [1.54, 1.807) is 9.80 Å². The second-order valence-electron chi connectivity index (χ2n) is 6.70. The zero-order valence-corrected chi connectivity index (χ0v) is 15.4. The highest BCUT2D eigenvalue weighted by Gasteiger charge is 2.38. The maximum Gasteiger partial charge on any atom is 0.258 e. The van der Waals surface area contributed by atoms with E-state index in [1.807, 2.05) is 84.9 Å². The molecule has 5 nitrogen and oxygen atoms in total. The third kappa shape index (κ3) is 3.28. The van der Waals surface area contributed by atoms with Crippen LogP contribution in [0.2, 0.25) is 0 Å². The molecule has 140 valence electrons. The van der Waals surface area contributed by atoms with E-state index in [0.29, 0.717) is 30.0 Å². The van der Waals surface area contributed by atoms with Gasteiger partial charge in [0.2, 0.25) is 0 Å². The molecule has 3 aromatic carbocycles. The number of anilines is 3. The largest absolute Gasteiger partial charge is 0.312 e. The highest BCUT2D eigenvalue weighted by atomic mass is 16.2. The second-order valence-corrected chi connectivity index (χ2v) is 6.70. The third-order valence-electron chi connectivity index (χ3n) is 4.91. The van der Waals surface area contributed by atoms with Crippen LogP contribution in [0.15, 0.2) is 84.9 Å². The number of rotatable bonds is 4. The van der Waals surface area contributed by atoms with Crippen LogP contribution >= 0.6 is 0 Å². The predicted molar refractivity (Wildman–Crippen MR) is 111 cm³/mol. The summed E-state index contributed by atoms with van der Waals surface area (Å²) in [5, 5.41) is 0. The highest BCUT2D eigenvalue weighted by molar-refractivity contribution is 6.22. The second kappa shape index (κ2) is 7.66. The minimum atomic E-state index is -1.25. The molecule has 0 aromatic heterocycles. The van der Waals surface area contributed by atoms with Crippen LogP contribution in [-0.2, 0) is 16.0 Å². The van der Waals surface area contributed by atoms with Crippen molar-refractivity contribution in [2.24, 2.45) is 5.73 Å². The fourth-order valence-corrected chi connectivity index (χ4v) is 3.49. The Morgan fingerprint density at radius 1 is 0.714 bits per heavy atom. The Labute approximate surface area is 164 Å². The average molecular weight is 371 g/mol. The summed E-state index contributed by atoms with van der Waals surface area (Å²) in [6.07, 6.45) is 0.674. The van der Waals surface area contributed by atoms with Gasteiger partial charge in [-0.25, -0.2) is 0 Å². The number of nitrogens with zero attached hydrogens (tertiary/aromatic N) is 2. The molecule has 3 aromatic rings. The fraction of sp³-hybridized carbons (Fsp3) is 0.130. The van der Waals surface area contributed by atoms with Crippen LogP contribution in [0.1, 0.15) is 5.56 Å². The van der Waals surface area contributed by atoms with Crippen molar-refractivity contribution in [1.29, 1.82) is 0 Å². The predicted octanol–water partition coefficient (Wildman–Crippen LogP) is 3.27. The number of carbonyl (C=O) groups is 2. The first-order valence-corrected chi connectivity index (χ1v) is 9.26. The van der Waals surface area contributed by atoms with Gasteiger partial charge < -0.3 is 10.6 Å². The summed E-state index contributed by atoms with van der Waals surface area (Å²) < 4.78 is 0. The topological polar surface area (TPSA) is 66.6 Å². The zero-order valence-electron chi connectivity index (χ0n) is 15.4. The molecule has 0 saturated heterocycles. The Bertz CT molecular complexity index is 989. The lowest BCUT2D eigenvalue weighted by Crippen LogP contribution is -2.50. The van der Waals surface area contributed by atoms with Crippen LogP contribution < -0.4 is 15.5 Å². The summed E-state index contributed by atoms with van der Waals surface area (Å²) in [7, 11) is 0. The van der Waals surface area contributed by atoms with Crippen molar-refractivity contribution in [1.82, 2.24) is 0 Å². The molecule has 0 fully saturated rings. The number of benzene rings is 3. The maximum atomic E-state index is 13.1. The molecule has 0 saturated carbocycles.